The van der Waals surface area contributed by atoms with Crippen molar-refractivity contribution in [3.63, 3.8) is 0 Å². The smallest absolute Gasteiger partial charge is 0.342 e. The fourth-order valence-electron chi connectivity index (χ4n) is 2.39. The van der Waals surface area contributed by atoms with Crippen LogP contribution in [0.5, 0.6) is 0 Å². The van der Waals surface area contributed by atoms with E-state index in [-0.39, 0.29) is 0 Å². The average molecular weight is 344 g/mol. The fourth-order valence-corrected chi connectivity index (χ4v) is 2.39. The molecule has 0 atom stereocenters. The predicted octanol–water partition coefficient (Wildman–Crippen LogP) is 1.21. The lowest BCUT2D eigenvalue weighted by Crippen LogP contribution is -2.37. The van der Waals surface area contributed by atoms with Gasteiger partial charge in [-0.25, -0.2) is 9.59 Å². The average Bonchev–Trinajstić information content (AvgIpc) is 2.81. The number of urea groups is 1. The lowest BCUT2D eigenvalue weighted by atomic mass is 10.1. The first kappa shape index (κ1) is 18.2. The van der Waals surface area contributed by atoms with Crippen LogP contribution in [0.3, 0.4) is 0 Å². The monoisotopic (exact) mass is 344 g/mol. The van der Waals surface area contributed by atoms with Crippen LogP contribution in [0.15, 0.2) is 24.3 Å². The van der Waals surface area contributed by atoms with Crippen molar-refractivity contribution in [1.82, 2.24) is 15.1 Å². The molecule has 1 aromatic heterocycles. The summed E-state index contributed by atoms with van der Waals surface area (Å²) in [6.07, 6.45) is 0. The van der Waals surface area contributed by atoms with E-state index in [1.54, 1.807) is 18.5 Å². The molecule has 0 radical (unpaired) electrons. The highest BCUT2D eigenvalue weighted by molar-refractivity contribution is 5.97. The van der Waals surface area contributed by atoms with E-state index in [2.05, 4.69) is 5.10 Å². The van der Waals surface area contributed by atoms with Gasteiger partial charge in [0.1, 0.15) is 5.56 Å². The number of ether oxygens (including phenoxy) is 1. The van der Waals surface area contributed by atoms with Crippen molar-refractivity contribution in [1.29, 1.82) is 0 Å². The molecule has 3 N–H and O–H groups in total. The number of esters is 1. The van der Waals surface area contributed by atoms with E-state index >= 15 is 0 Å². The second-order valence-electron chi connectivity index (χ2n) is 5.68. The molecule has 0 spiro atoms. The number of nitrogens with one attached hydrogen (secondary N) is 1. The van der Waals surface area contributed by atoms with Crippen molar-refractivity contribution in [2.75, 3.05) is 6.61 Å². The number of carbonyl (C=O) groups excluding carboxylic acids is 3. The zero-order valence-electron chi connectivity index (χ0n) is 14.3. The summed E-state index contributed by atoms with van der Waals surface area (Å²) < 4.78 is 6.63. The van der Waals surface area contributed by atoms with E-state index in [1.165, 1.54) is 0 Å². The van der Waals surface area contributed by atoms with Gasteiger partial charge in [0.15, 0.2) is 6.61 Å². The van der Waals surface area contributed by atoms with Crippen molar-refractivity contribution >= 4 is 17.9 Å². The summed E-state index contributed by atoms with van der Waals surface area (Å²) in [6.45, 7) is 5.38. The molecule has 0 fully saturated rings. The van der Waals surface area contributed by atoms with Gasteiger partial charge < -0.3 is 10.5 Å². The summed E-state index contributed by atoms with van der Waals surface area (Å²) in [5.74, 6) is -1.46. The van der Waals surface area contributed by atoms with Crippen LogP contribution in [0.1, 0.15) is 32.9 Å². The normalized spacial score (nSPS) is 10.4. The van der Waals surface area contributed by atoms with E-state index in [9.17, 15) is 14.4 Å². The van der Waals surface area contributed by atoms with E-state index in [0.29, 0.717) is 23.5 Å². The fraction of sp³-hybridized carbons (Fsp3) is 0.294. The minimum absolute atomic E-state index is 0.305. The first-order valence-electron chi connectivity index (χ1n) is 7.64. The SMILES string of the molecule is Cc1ccc(Cn2nc(C)c(C(=O)OCC(=O)NC(N)=O)c2C)cc1. The van der Waals surface area contributed by atoms with E-state index in [4.69, 9.17) is 10.5 Å². The number of imide groups is 1. The Balaban J connectivity index is 2.10. The molecule has 2 aromatic rings. The highest BCUT2D eigenvalue weighted by Gasteiger charge is 2.21. The molecule has 0 aliphatic rings. The number of benzene rings is 1. The Kier molecular flexibility index (Phi) is 5.53. The third-order valence-electron chi connectivity index (χ3n) is 3.64. The van der Waals surface area contributed by atoms with E-state index in [0.717, 1.165) is 11.1 Å². The van der Waals surface area contributed by atoms with Crippen molar-refractivity contribution < 1.29 is 19.1 Å². The van der Waals surface area contributed by atoms with Crippen LogP contribution in [0.25, 0.3) is 0 Å². The van der Waals surface area contributed by atoms with Gasteiger partial charge in [-0.1, -0.05) is 29.8 Å². The largest absolute Gasteiger partial charge is 0.452 e. The molecule has 2 rings (SSSR count). The Hall–Kier alpha value is -3.16. The van der Waals surface area contributed by atoms with E-state index in [1.807, 2.05) is 36.5 Å². The van der Waals surface area contributed by atoms with E-state index < -0.39 is 24.5 Å². The van der Waals surface area contributed by atoms with Gasteiger partial charge >= 0.3 is 12.0 Å². The maximum Gasteiger partial charge on any atom is 0.342 e. The maximum atomic E-state index is 12.2. The van der Waals surface area contributed by atoms with Crippen LogP contribution in [0, 0.1) is 20.8 Å². The molecular weight excluding hydrogens is 324 g/mol. The third kappa shape index (κ3) is 4.66. The van der Waals surface area contributed by atoms with Gasteiger partial charge in [0.05, 0.1) is 17.9 Å². The van der Waals surface area contributed by atoms with Gasteiger partial charge in [-0.05, 0) is 26.3 Å². The number of aromatic nitrogens is 2. The number of hydrogen-bond acceptors (Lipinski definition) is 5. The lowest BCUT2D eigenvalue weighted by molar-refractivity contribution is -0.123. The first-order chi connectivity index (χ1) is 11.8. The maximum absolute atomic E-state index is 12.2. The molecule has 0 saturated carbocycles. The number of rotatable bonds is 5. The Morgan fingerprint density at radius 3 is 2.40 bits per heavy atom. The second kappa shape index (κ2) is 7.61. The van der Waals surface area contributed by atoms with Crippen molar-refractivity contribution in [3.05, 3.63) is 52.3 Å². The first-order valence-corrected chi connectivity index (χ1v) is 7.64. The quantitative estimate of drug-likeness (QED) is 0.791. The highest BCUT2D eigenvalue weighted by Crippen LogP contribution is 2.16. The number of aryl methyl sites for hydroxylation is 2. The summed E-state index contributed by atoms with van der Waals surface area (Å²) in [6, 6.07) is 7.01. The molecule has 0 unspecified atom stereocenters. The number of nitrogens with two attached hydrogens (primary N) is 1. The Bertz CT molecular complexity index is 809. The summed E-state index contributed by atoms with van der Waals surface area (Å²) in [4.78, 5) is 34.1. The molecule has 3 amide bonds. The predicted molar refractivity (Wildman–Crippen MR) is 90.0 cm³/mol. The molecular formula is C17H20N4O4. The zero-order chi connectivity index (χ0) is 18.6. The van der Waals surface area contributed by atoms with Crippen LogP contribution in [0.2, 0.25) is 0 Å². The Labute approximate surface area is 145 Å². The second-order valence-corrected chi connectivity index (χ2v) is 5.68. The molecule has 0 aliphatic heterocycles. The number of primary amides is 1. The molecule has 1 heterocycles. The minimum atomic E-state index is -1.00. The number of nitrogens with zero attached hydrogens (tertiary/aromatic N) is 2. The summed E-state index contributed by atoms with van der Waals surface area (Å²) >= 11 is 0. The Morgan fingerprint density at radius 1 is 1.16 bits per heavy atom. The zero-order valence-corrected chi connectivity index (χ0v) is 14.3. The number of hydrogen-bond donors (Lipinski definition) is 2. The standard InChI is InChI=1S/C17H20N4O4/c1-10-4-6-13(7-5-10)8-21-12(3)15(11(2)20-21)16(23)25-9-14(22)19-17(18)24/h4-7H,8-9H2,1-3H3,(H3,18,19,22,24). The van der Waals surface area contributed by atoms with Gasteiger partial charge in [-0.3, -0.25) is 14.8 Å². The third-order valence-corrected chi connectivity index (χ3v) is 3.64. The van der Waals surface area contributed by atoms with Gasteiger partial charge in [-0.15, -0.1) is 0 Å². The molecule has 8 heteroatoms. The number of amides is 3. The van der Waals surface area contributed by atoms with Gasteiger partial charge in [0, 0.05) is 0 Å². The summed E-state index contributed by atoms with van der Waals surface area (Å²) in [7, 11) is 0. The Morgan fingerprint density at radius 2 is 1.80 bits per heavy atom. The van der Waals surface area contributed by atoms with Crippen molar-refractivity contribution in [3.8, 4) is 0 Å². The molecule has 1 aromatic carbocycles. The number of carbonyl (C=O) groups is 3. The molecule has 0 bridgehead atoms. The topological polar surface area (TPSA) is 116 Å². The van der Waals surface area contributed by atoms with Gasteiger partial charge in [-0.2, -0.15) is 5.10 Å². The molecule has 25 heavy (non-hydrogen) atoms. The van der Waals surface area contributed by atoms with Crippen LogP contribution < -0.4 is 11.1 Å². The highest BCUT2D eigenvalue weighted by atomic mass is 16.5. The summed E-state index contributed by atoms with van der Waals surface area (Å²) in [5.41, 5.74) is 8.48. The van der Waals surface area contributed by atoms with Crippen LogP contribution in [0.4, 0.5) is 4.79 Å². The van der Waals surface area contributed by atoms with Crippen molar-refractivity contribution in [2.45, 2.75) is 27.3 Å². The lowest BCUT2D eigenvalue weighted by Gasteiger charge is -2.07. The van der Waals surface area contributed by atoms with Crippen LogP contribution in [-0.2, 0) is 16.1 Å². The van der Waals surface area contributed by atoms with Crippen LogP contribution >= 0.6 is 0 Å². The molecule has 0 aliphatic carbocycles. The molecule has 132 valence electrons. The van der Waals surface area contributed by atoms with Gasteiger partial charge in [0.25, 0.3) is 5.91 Å². The molecule has 8 nitrogen and oxygen atoms in total. The molecule has 0 saturated heterocycles. The van der Waals surface area contributed by atoms with Crippen LogP contribution in [-0.4, -0.2) is 34.3 Å². The summed E-state index contributed by atoms with van der Waals surface area (Å²) in [5, 5.41) is 6.19. The van der Waals surface area contributed by atoms with Gasteiger partial charge in [0.2, 0.25) is 0 Å². The van der Waals surface area contributed by atoms with Crippen molar-refractivity contribution in [2.24, 2.45) is 5.73 Å². The minimum Gasteiger partial charge on any atom is -0.452 e.